The lowest BCUT2D eigenvalue weighted by Gasteiger charge is -2.08. The summed E-state index contributed by atoms with van der Waals surface area (Å²) in [5.74, 6) is 0.873. The van der Waals surface area contributed by atoms with E-state index < -0.39 is 0 Å². The molecule has 0 amide bonds. The number of hydrogen-bond acceptors (Lipinski definition) is 4. The summed E-state index contributed by atoms with van der Waals surface area (Å²) in [4.78, 5) is 8.48. The third-order valence-corrected chi connectivity index (χ3v) is 2.38. The lowest BCUT2D eigenvalue weighted by molar-refractivity contribution is 0.769. The second kappa shape index (κ2) is 4.30. The van der Waals surface area contributed by atoms with E-state index in [2.05, 4.69) is 20.4 Å². The minimum absolute atomic E-state index is 0.847. The summed E-state index contributed by atoms with van der Waals surface area (Å²) in [6.07, 6.45) is 3.47. The monoisotopic (exact) mass is 217 g/mol. The number of anilines is 1. The number of nitrogens with one attached hydrogen (secondary N) is 1. The summed E-state index contributed by atoms with van der Waals surface area (Å²) in [5.41, 5.74) is 2.79. The van der Waals surface area contributed by atoms with E-state index >= 15 is 0 Å². The summed E-state index contributed by atoms with van der Waals surface area (Å²) >= 11 is 0. The molecular weight excluding hydrogens is 202 g/mol. The van der Waals surface area contributed by atoms with Gasteiger partial charge in [-0.3, -0.25) is 4.68 Å². The minimum Gasteiger partial charge on any atom is -0.370 e. The predicted molar refractivity (Wildman–Crippen MR) is 63.1 cm³/mol. The van der Waals surface area contributed by atoms with Crippen molar-refractivity contribution in [2.75, 3.05) is 11.9 Å². The SMILES string of the molecule is CCNc1ncnc(-c2ccn(C)n2)c1C. The molecule has 0 aliphatic carbocycles. The fourth-order valence-corrected chi connectivity index (χ4v) is 1.60. The molecule has 2 aromatic rings. The van der Waals surface area contributed by atoms with Gasteiger partial charge in [0.05, 0.1) is 5.69 Å². The summed E-state index contributed by atoms with van der Waals surface area (Å²) in [7, 11) is 1.89. The highest BCUT2D eigenvalue weighted by molar-refractivity contribution is 5.64. The third-order valence-electron chi connectivity index (χ3n) is 2.38. The maximum atomic E-state index is 4.34. The van der Waals surface area contributed by atoms with E-state index in [1.165, 1.54) is 0 Å². The lowest BCUT2D eigenvalue weighted by atomic mass is 10.2. The molecule has 5 heteroatoms. The molecule has 0 unspecified atom stereocenters. The zero-order valence-electron chi connectivity index (χ0n) is 9.73. The Morgan fingerprint density at radius 3 is 2.81 bits per heavy atom. The predicted octanol–water partition coefficient (Wildman–Crippen LogP) is 1.62. The average molecular weight is 217 g/mol. The molecule has 0 saturated carbocycles. The first-order valence-corrected chi connectivity index (χ1v) is 5.28. The van der Waals surface area contributed by atoms with Gasteiger partial charge in [-0.1, -0.05) is 0 Å². The van der Waals surface area contributed by atoms with Crippen molar-refractivity contribution in [3.63, 3.8) is 0 Å². The molecular formula is C11H15N5. The first-order valence-electron chi connectivity index (χ1n) is 5.28. The van der Waals surface area contributed by atoms with Gasteiger partial charge in [0.2, 0.25) is 0 Å². The topological polar surface area (TPSA) is 55.6 Å². The Kier molecular flexibility index (Phi) is 2.85. The molecule has 2 aromatic heterocycles. The van der Waals surface area contributed by atoms with Crippen LogP contribution in [0, 0.1) is 6.92 Å². The van der Waals surface area contributed by atoms with E-state index in [1.807, 2.05) is 33.2 Å². The highest BCUT2D eigenvalue weighted by atomic mass is 15.2. The van der Waals surface area contributed by atoms with E-state index in [-0.39, 0.29) is 0 Å². The Morgan fingerprint density at radius 2 is 2.19 bits per heavy atom. The van der Waals surface area contributed by atoms with Gasteiger partial charge in [0, 0.05) is 25.4 Å². The molecule has 2 heterocycles. The molecule has 2 rings (SSSR count). The Bertz CT molecular complexity index is 489. The first-order chi connectivity index (χ1) is 7.72. The van der Waals surface area contributed by atoms with Crippen molar-refractivity contribution in [1.82, 2.24) is 19.7 Å². The molecule has 0 spiro atoms. The number of nitrogens with zero attached hydrogens (tertiary/aromatic N) is 4. The standard InChI is InChI=1S/C11H15N5/c1-4-12-11-8(2)10(13-7-14-11)9-5-6-16(3)15-9/h5-7H,4H2,1-3H3,(H,12,13,14). The Balaban J connectivity index is 2.45. The van der Waals surface area contributed by atoms with Crippen LogP contribution in [-0.2, 0) is 7.05 Å². The molecule has 0 aromatic carbocycles. The number of hydrogen-bond donors (Lipinski definition) is 1. The van der Waals surface area contributed by atoms with Crippen molar-refractivity contribution in [3.8, 4) is 11.4 Å². The van der Waals surface area contributed by atoms with Crippen molar-refractivity contribution < 1.29 is 0 Å². The number of aryl methyl sites for hydroxylation is 1. The van der Waals surface area contributed by atoms with Gasteiger partial charge in [-0.25, -0.2) is 9.97 Å². The summed E-state index contributed by atoms with van der Waals surface area (Å²) in [5, 5.41) is 7.55. The van der Waals surface area contributed by atoms with E-state index in [1.54, 1.807) is 11.0 Å². The summed E-state index contributed by atoms with van der Waals surface area (Å²) in [6.45, 7) is 4.89. The van der Waals surface area contributed by atoms with E-state index in [9.17, 15) is 0 Å². The van der Waals surface area contributed by atoms with Crippen molar-refractivity contribution in [3.05, 3.63) is 24.2 Å². The van der Waals surface area contributed by atoms with Crippen LogP contribution in [0.4, 0.5) is 5.82 Å². The fraction of sp³-hybridized carbons (Fsp3) is 0.364. The average Bonchev–Trinajstić information content (AvgIpc) is 2.68. The second-order valence-electron chi connectivity index (χ2n) is 3.60. The third kappa shape index (κ3) is 1.88. The molecule has 1 N–H and O–H groups in total. The second-order valence-corrected chi connectivity index (χ2v) is 3.60. The Labute approximate surface area is 94.5 Å². The van der Waals surface area contributed by atoms with E-state index in [0.29, 0.717) is 0 Å². The maximum Gasteiger partial charge on any atom is 0.132 e. The molecule has 84 valence electrons. The molecule has 0 bridgehead atoms. The lowest BCUT2D eigenvalue weighted by Crippen LogP contribution is -2.04. The van der Waals surface area contributed by atoms with Crippen molar-refractivity contribution in [2.45, 2.75) is 13.8 Å². The number of aromatic nitrogens is 4. The molecule has 0 atom stereocenters. The van der Waals surface area contributed by atoms with Gasteiger partial charge in [0.1, 0.15) is 17.8 Å². The van der Waals surface area contributed by atoms with Crippen molar-refractivity contribution >= 4 is 5.82 Å². The van der Waals surface area contributed by atoms with E-state index in [4.69, 9.17) is 0 Å². The fourth-order valence-electron chi connectivity index (χ4n) is 1.60. The van der Waals surface area contributed by atoms with Gasteiger partial charge in [-0.15, -0.1) is 0 Å². The minimum atomic E-state index is 0.847. The van der Waals surface area contributed by atoms with Crippen molar-refractivity contribution in [1.29, 1.82) is 0 Å². The quantitative estimate of drug-likeness (QED) is 0.848. The van der Waals surface area contributed by atoms with Crippen LogP contribution in [0.1, 0.15) is 12.5 Å². The molecule has 16 heavy (non-hydrogen) atoms. The Hall–Kier alpha value is -1.91. The normalized spacial score (nSPS) is 10.4. The molecule has 0 aliphatic heterocycles. The zero-order valence-corrected chi connectivity index (χ0v) is 9.73. The van der Waals surface area contributed by atoms with Crippen LogP contribution in [-0.4, -0.2) is 26.3 Å². The van der Waals surface area contributed by atoms with E-state index in [0.717, 1.165) is 29.3 Å². The Morgan fingerprint density at radius 1 is 1.38 bits per heavy atom. The van der Waals surface area contributed by atoms with Crippen molar-refractivity contribution in [2.24, 2.45) is 7.05 Å². The summed E-state index contributed by atoms with van der Waals surface area (Å²) < 4.78 is 1.77. The van der Waals surface area contributed by atoms with Gasteiger partial charge in [-0.05, 0) is 19.9 Å². The molecule has 0 saturated heterocycles. The van der Waals surface area contributed by atoms with Crippen LogP contribution in [0.5, 0.6) is 0 Å². The molecule has 0 fully saturated rings. The van der Waals surface area contributed by atoms with Gasteiger partial charge in [-0.2, -0.15) is 5.10 Å². The number of rotatable bonds is 3. The van der Waals surface area contributed by atoms with Gasteiger partial charge >= 0.3 is 0 Å². The van der Waals surface area contributed by atoms with Crippen LogP contribution in [0.2, 0.25) is 0 Å². The van der Waals surface area contributed by atoms with Gasteiger partial charge in [0.15, 0.2) is 0 Å². The molecule has 0 radical (unpaired) electrons. The highest BCUT2D eigenvalue weighted by Crippen LogP contribution is 2.22. The zero-order chi connectivity index (χ0) is 11.5. The van der Waals surface area contributed by atoms with Crippen LogP contribution in [0.25, 0.3) is 11.4 Å². The summed E-state index contributed by atoms with van der Waals surface area (Å²) in [6, 6.07) is 1.95. The van der Waals surface area contributed by atoms with Gasteiger partial charge < -0.3 is 5.32 Å². The molecule has 5 nitrogen and oxygen atoms in total. The molecule has 0 aliphatic rings. The van der Waals surface area contributed by atoms with Crippen LogP contribution < -0.4 is 5.32 Å². The van der Waals surface area contributed by atoms with Crippen LogP contribution >= 0.6 is 0 Å². The van der Waals surface area contributed by atoms with Gasteiger partial charge in [0.25, 0.3) is 0 Å². The highest BCUT2D eigenvalue weighted by Gasteiger charge is 2.10. The largest absolute Gasteiger partial charge is 0.370 e. The maximum absolute atomic E-state index is 4.34. The van der Waals surface area contributed by atoms with Crippen LogP contribution in [0.15, 0.2) is 18.6 Å². The van der Waals surface area contributed by atoms with Crippen LogP contribution in [0.3, 0.4) is 0 Å². The smallest absolute Gasteiger partial charge is 0.132 e. The first kappa shape index (κ1) is 10.6.